The van der Waals surface area contributed by atoms with Crippen LogP contribution in [0.2, 0.25) is 0 Å². The molecule has 2 fully saturated rings. The number of hydrogen-bond donors (Lipinski definition) is 6. The van der Waals surface area contributed by atoms with Crippen LogP contribution < -0.4 is 32.7 Å². The highest BCUT2D eigenvalue weighted by molar-refractivity contribution is 5.98. The zero-order valence-electron chi connectivity index (χ0n) is 34.9. The highest BCUT2D eigenvalue weighted by Gasteiger charge is 2.38. The standard InChI is InChI=1S/C24H28N4O4.C23H26N4O4/c25-23(31)20-12-7-13-28(20)24(32)19(14-17-8-3-1-4-9-17)27-22(30)16-26-21(29)15-18-10-5-2-6-11-18;24-21(29)19-12-7-13-27(19)23(31)18(14-16-8-3-1-4-9-16)26-20(28)15-25-22(30)17-10-5-2-6-11-17/h1-6,8-11,19-20H,7,12-16H2,(H2,25,31)(H,26,29)(H,27,30);1-6,8-11,18-19H,7,12-15H2,(H2,24,29)(H,25,30)(H,26,28)/t19-,20-;18-,19-/m00/s1. The highest BCUT2D eigenvalue weighted by Crippen LogP contribution is 2.20. The van der Waals surface area contributed by atoms with Gasteiger partial charge in [0.05, 0.1) is 19.5 Å². The second-order valence-corrected chi connectivity index (χ2v) is 15.3. The third-order valence-electron chi connectivity index (χ3n) is 10.7. The molecule has 4 atom stereocenters. The number of nitrogens with zero attached hydrogens (tertiary/aromatic N) is 2. The van der Waals surface area contributed by atoms with Gasteiger partial charge in [0.1, 0.15) is 24.2 Å². The lowest BCUT2D eigenvalue weighted by Crippen LogP contribution is -2.54. The van der Waals surface area contributed by atoms with Gasteiger partial charge in [-0.2, -0.15) is 0 Å². The van der Waals surface area contributed by atoms with E-state index >= 15 is 0 Å². The number of benzene rings is 4. The molecule has 4 aromatic rings. The number of rotatable bonds is 17. The Bertz CT molecular complexity index is 2190. The van der Waals surface area contributed by atoms with Crippen LogP contribution in [0.25, 0.3) is 0 Å². The Labute approximate surface area is 366 Å². The van der Waals surface area contributed by atoms with Gasteiger partial charge in [0.15, 0.2) is 0 Å². The van der Waals surface area contributed by atoms with Gasteiger partial charge in [-0.3, -0.25) is 38.4 Å². The summed E-state index contributed by atoms with van der Waals surface area (Å²) >= 11 is 0. The average Bonchev–Trinajstić information content (AvgIpc) is 4.00. The van der Waals surface area contributed by atoms with Crippen molar-refractivity contribution in [2.75, 3.05) is 26.2 Å². The van der Waals surface area contributed by atoms with Crippen LogP contribution >= 0.6 is 0 Å². The molecular weight excluding hydrogens is 805 g/mol. The predicted octanol–water partition coefficient (Wildman–Crippen LogP) is 1.17. The summed E-state index contributed by atoms with van der Waals surface area (Å²) in [6.45, 7) is 0.314. The van der Waals surface area contributed by atoms with Crippen LogP contribution in [0.1, 0.15) is 52.7 Å². The van der Waals surface area contributed by atoms with Crippen LogP contribution in [0.15, 0.2) is 121 Å². The Kier molecular flexibility index (Phi) is 17.5. The van der Waals surface area contributed by atoms with Crippen molar-refractivity contribution in [1.29, 1.82) is 0 Å². The minimum atomic E-state index is -0.872. The van der Waals surface area contributed by atoms with Crippen LogP contribution in [-0.2, 0) is 52.8 Å². The van der Waals surface area contributed by atoms with Crippen molar-refractivity contribution in [3.63, 3.8) is 0 Å². The molecule has 0 aromatic heterocycles. The molecule has 2 heterocycles. The third-order valence-corrected chi connectivity index (χ3v) is 10.7. The van der Waals surface area contributed by atoms with Crippen molar-refractivity contribution in [3.05, 3.63) is 144 Å². The molecule has 0 spiro atoms. The molecule has 0 aliphatic carbocycles. The van der Waals surface area contributed by atoms with E-state index in [1.54, 1.807) is 30.3 Å². The van der Waals surface area contributed by atoms with E-state index in [9.17, 15) is 38.4 Å². The Balaban J connectivity index is 0.000000238. The van der Waals surface area contributed by atoms with Crippen LogP contribution in [0.4, 0.5) is 0 Å². The van der Waals surface area contributed by atoms with Crippen molar-refractivity contribution in [2.45, 2.75) is 69.1 Å². The van der Waals surface area contributed by atoms with Crippen LogP contribution in [0.3, 0.4) is 0 Å². The number of primary amides is 2. The lowest BCUT2D eigenvalue weighted by Gasteiger charge is -2.28. The fourth-order valence-corrected chi connectivity index (χ4v) is 7.52. The van der Waals surface area contributed by atoms with E-state index in [1.807, 2.05) is 91.0 Å². The smallest absolute Gasteiger partial charge is 0.251 e. The Morgan fingerprint density at radius 2 is 0.889 bits per heavy atom. The summed E-state index contributed by atoms with van der Waals surface area (Å²) in [6.07, 6.45) is 3.09. The van der Waals surface area contributed by atoms with E-state index < -0.39 is 47.8 Å². The number of nitrogens with two attached hydrogens (primary N) is 2. The summed E-state index contributed by atoms with van der Waals surface area (Å²) in [4.78, 5) is 102. The van der Waals surface area contributed by atoms with Gasteiger partial charge in [0.2, 0.25) is 41.4 Å². The van der Waals surface area contributed by atoms with E-state index in [-0.39, 0.29) is 56.0 Å². The predicted molar refractivity (Wildman–Crippen MR) is 234 cm³/mol. The first-order chi connectivity index (χ1) is 30.4. The van der Waals surface area contributed by atoms with Gasteiger partial charge in [-0.05, 0) is 54.5 Å². The fraction of sp³-hybridized carbons (Fsp3) is 0.319. The second-order valence-electron chi connectivity index (χ2n) is 15.3. The molecule has 0 bridgehead atoms. The molecule has 4 aromatic carbocycles. The van der Waals surface area contributed by atoms with E-state index in [2.05, 4.69) is 21.3 Å². The summed E-state index contributed by atoms with van der Waals surface area (Å²) in [5, 5.41) is 10.6. The van der Waals surface area contributed by atoms with Crippen molar-refractivity contribution in [3.8, 4) is 0 Å². The molecule has 8 amide bonds. The van der Waals surface area contributed by atoms with Gasteiger partial charge in [-0.25, -0.2) is 0 Å². The van der Waals surface area contributed by atoms with Gasteiger partial charge in [-0.1, -0.05) is 109 Å². The number of likely N-dealkylation sites (tertiary alicyclic amines) is 2. The lowest BCUT2D eigenvalue weighted by atomic mass is 10.0. The molecular formula is C47H54N8O8. The van der Waals surface area contributed by atoms with Crippen LogP contribution in [0, 0.1) is 0 Å². The van der Waals surface area contributed by atoms with E-state index in [4.69, 9.17) is 11.5 Å². The summed E-state index contributed by atoms with van der Waals surface area (Å²) in [7, 11) is 0. The Morgan fingerprint density at radius 3 is 1.30 bits per heavy atom. The molecule has 330 valence electrons. The normalized spacial score (nSPS) is 16.3. The maximum atomic E-state index is 13.2. The van der Waals surface area contributed by atoms with E-state index in [1.165, 1.54) is 9.80 Å². The van der Waals surface area contributed by atoms with E-state index in [0.29, 0.717) is 44.3 Å². The lowest BCUT2D eigenvalue weighted by molar-refractivity contribution is -0.140. The first kappa shape index (κ1) is 46.7. The molecule has 2 aliphatic heterocycles. The first-order valence-electron chi connectivity index (χ1n) is 20.9. The first-order valence-corrected chi connectivity index (χ1v) is 20.9. The van der Waals surface area contributed by atoms with Crippen LogP contribution in [-0.4, -0.2) is 107 Å². The maximum absolute atomic E-state index is 13.2. The fourth-order valence-electron chi connectivity index (χ4n) is 7.52. The van der Waals surface area contributed by atoms with Gasteiger partial charge < -0.3 is 42.5 Å². The third kappa shape index (κ3) is 14.4. The molecule has 16 heteroatoms. The van der Waals surface area contributed by atoms with Gasteiger partial charge in [0, 0.05) is 31.5 Å². The molecule has 63 heavy (non-hydrogen) atoms. The molecule has 2 aliphatic rings. The van der Waals surface area contributed by atoms with Crippen molar-refractivity contribution in [2.24, 2.45) is 11.5 Å². The number of carbonyl (C=O) groups excluding carboxylic acids is 8. The largest absolute Gasteiger partial charge is 0.368 e. The van der Waals surface area contributed by atoms with Gasteiger partial charge >= 0.3 is 0 Å². The SMILES string of the molecule is NC(=O)[C@@H]1CCCN1C(=O)[C@H](Cc1ccccc1)NC(=O)CNC(=O)Cc1ccccc1.NC(=O)[C@@H]1CCCN1C(=O)[C@H](Cc1ccccc1)NC(=O)CNC(=O)c1ccccc1. The summed E-state index contributed by atoms with van der Waals surface area (Å²) in [5.74, 6) is -3.43. The molecule has 0 unspecified atom stereocenters. The summed E-state index contributed by atoms with van der Waals surface area (Å²) in [6, 6.07) is 33.3. The molecule has 0 radical (unpaired) electrons. The van der Waals surface area contributed by atoms with Gasteiger partial charge in [0.25, 0.3) is 5.91 Å². The second kappa shape index (κ2) is 23.6. The summed E-state index contributed by atoms with van der Waals surface area (Å²) < 4.78 is 0. The van der Waals surface area contributed by atoms with Crippen molar-refractivity contribution < 1.29 is 38.4 Å². The Hall–Kier alpha value is -7.36. The molecule has 2 saturated heterocycles. The van der Waals surface area contributed by atoms with Gasteiger partial charge in [-0.15, -0.1) is 0 Å². The summed E-state index contributed by atoms with van der Waals surface area (Å²) in [5.41, 5.74) is 13.9. The topological polar surface area (TPSA) is 243 Å². The number of nitrogens with one attached hydrogen (secondary N) is 4. The quantitative estimate of drug-likeness (QED) is 0.0899. The molecule has 6 rings (SSSR count). The molecule has 8 N–H and O–H groups in total. The molecule has 0 saturated carbocycles. The maximum Gasteiger partial charge on any atom is 0.251 e. The molecule has 16 nitrogen and oxygen atoms in total. The van der Waals surface area contributed by atoms with Crippen LogP contribution in [0.5, 0.6) is 0 Å². The minimum Gasteiger partial charge on any atom is -0.368 e. The average molecular weight is 859 g/mol. The monoisotopic (exact) mass is 858 g/mol. The Morgan fingerprint density at radius 1 is 0.508 bits per heavy atom. The zero-order chi connectivity index (χ0) is 45.1. The number of hydrogen-bond acceptors (Lipinski definition) is 8. The minimum absolute atomic E-state index is 0.161. The van der Waals surface area contributed by atoms with E-state index in [0.717, 1.165) is 16.7 Å². The van der Waals surface area contributed by atoms with Crippen molar-refractivity contribution in [1.82, 2.24) is 31.1 Å². The number of carbonyl (C=O) groups is 8. The highest BCUT2D eigenvalue weighted by atomic mass is 16.2. The van der Waals surface area contributed by atoms with Crippen molar-refractivity contribution >= 4 is 47.3 Å². The number of amides is 8. The zero-order valence-corrected chi connectivity index (χ0v) is 34.9.